The molecular formula is C20H24F2N2O3S. The van der Waals surface area contributed by atoms with Crippen molar-refractivity contribution in [1.29, 1.82) is 0 Å². The Morgan fingerprint density at radius 1 is 1.18 bits per heavy atom. The van der Waals surface area contributed by atoms with Gasteiger partial charge in [-0.1, -0.05) is 12.1 Å². The van der Waals surface area contributed by atoms with Crippen LogP contribution < -0.4 is 0 Å². The van der Waals surface area contributed by atoms with Crippen LogP contribution in [0.2, 0.25) is 0 Å². The molecule has 2 atom stereocenters. The molecule has 0 spiro atoms. The second-order valence-electron chi connectivity index (χ2n) is 7.90. The molecule has 1 aromatic carbocycles. The summed E-state index contributed by atoms with van der Waals surface area (Å²) in [5.74, 6) is -3.01. The number of halogens is 2. The van der Waals surface area contributed by atoms with Crippen molar-refractivity contribution in [2.45, 2.75) is 23.7 Å². The predicted octanol–water partition coefficient (Wildman–Crippen LogP) is 2.75. The van der Waals surface area contributed by atoms with E-state index in [1.807, 2.05) is 24.5 Å². The lowest BCUT2D eigenvalue weighted by atomic mass is 9.79. The van der Waals surface area contributed by atoms with E-state index in [-0.39, 0.29) is 56.8 Å². The van der Waals surface area contributed by atoms with Gasteiger partial charge in [0, 0.05) is 49.8 Å². The van der Waals surface area contributed by atoms with Gasteiger partial charge in [-0.05, 0) is 18.4 Å². The molecule has 0 saturated carbocycles. The number of thioether (sulfide) groups is 1. The highest BCUT2D eigenvalue weighted by Crippen LogP contribution is 2.44. The van der Waals surface area contributed by atoms with Crippen LogP contribution in [-0.2, 0) is 9.53 Å². The van der Waals surface area contributed by atoms with E-state index >= 15 is 0 Å². The van der Waals surface area contributed by atoms with Gasteiger partial charge >= 0.3 is 0 Å². The summed E-state index contributed by atoms with van der Waals surface area (Å²) in [7, 11) is 0. The SMILES string of the molecule is CSc1ccccc1C(=O)N1C[C@@H]2COC[C@]2(C(=O)N2CCC(F)(F)CC2)C1. The summed E-state index contributed by atoms with van der Waals surface area (Å²) < 4.78 is 32.6. The number of amides is 2. The molecule has 0 aromatic heterocycles. The van der Waals surface area contributed by atoms with E-state index in [4.69, 9.17) is 4.74 Å². The predicted molar refractivity (Wildman–Crippen MR) is 102 cm³/mol. The van der Waals surface area contributed by atoms with Crippen molar-refractivity contribution in [3.8, 4) is 0 Å². The molecule has 0 aliphatic carbocycles. The summed E-state index contributed by atoms with van der Waals surface area (Å²) in [6.07, 6.45) is 1.32. The van der Waals surface area contributed by atoms with E-state index < -0.39 is 11.3 Å². The molecule has 0 unspecified atom stereocenters. The summed E-state index contributed by atoms with van der Waals surface area (Å²) in [5.41, 5.74) is -0.174. The fourth-order valence-electron chi connectivity index (χ4n) is 4.54. The standard InChI is InChI=1S/C20H24F2N2O3S/c1-28-16-5-3-2-4-15(16)17(25)24-10-14-11-27-13-19(14,12-24)18(26)23-8-6-20(21,22)7-9-23/h2-5,14H,6-13H2,1H3/t14-,19-/m1/s1. The molecule has 5 nitrogen and oxygen atoms in total. The molecule has 4 rings (SSSR count). The third kappa shape index (κ3) is 3.30. The molecule has 3 heterocycles. The number of benzene rings is 1. The number of nitrogens with zero attached hydrogens (tertiary/aromatic N) is 2. The van der Waals surface area contributed by atoms with Gasteiger partial charge in [0.05, 0.1) is 24.2 Å². The molecule has 0 N–H and O–H groups in total. The molecule has 3 aliphatic rings. The maximum Gasteiger partial charge on any atom is 0.255 e. The van der Waals surface area contributed by atoms with Gasteiger partial charge < -0.3 is 14.5 Å². The van der Waals surface area contributed by atoms with E-state index in [2.05, 4.69) is 0 Å². The van der Waals surface area contributed by atoms with Crippen molar-refractivity contribution < 1.29 is 23.1 Å². The summed E-state index contributed by atoms with van der Waals surface area (Å²) in [5, 5.41) is 0. The van der Waals surface area contributed by atoms with Crippen molar-refractivity contribution in [1.82, 2.24) is 9.80 Å². The van der Waals surface area contributed by atoms with Crippen LogP contribution in [0.3, 0.4) is 0 Å². The first-order valence-corrected chi connectivity index (χ1v) is 10.8. The zero-order valence-corrected chi connectivity index (χ0v) is 16.6. The molecule has 0 radical (unpaired) electrons. The van der Waals surface area contributed by atoms with Crippen molar-refractivity contribution in [3.05, 3.63) is 29.8 Å². The highest BCUT2D eigenvalue weighted by atomic mass is 32.2. The monoisotopic (exact) mass is 410 g/mol. The summed E-state index contributed by atoms with van der Waals surface area (Å²) in [6, 6.07) is 7.45. The van der Waals surface area contributed by atoms with E-state index in [9.17, 15) is 18.4 Å². The minimum Gasteiger partial charge on any atom is -0.380 e. The number of rotatable bonds is 3. The summed E-state index contributed by atoms with van der Waals surface area (Å²) >= 11 is 1.51. The first-order chi connectivity index (χ1) is 13.4. The van der Waals surface area contributed by atoms with E-state index in [1.165, 1.54) is 11.8 Å². The van der Waals surface area contributed by atoms with Gasteiger partial charge in [0.25, 0.3) is 11.8 Å². The largest absolute Gasteiger partial charge is 0.380 e. The van der Waals surface area contributed by atoms with Gasteiger partial charge in [-0.2, -0.15) is 0 Å². The molecule has 3 saturated heterocycles. The lowest BCUT2D eigenvalue weighted by molar-refractivity contribution is -0.148. The average molecular weight is 410 g/mol. The Morgan fingerprint density at radius 2 is 1.89 bits per heavy atom. The number of carbonyl (C=O) groups excluding carboxylic acids is 2. The molecule has 152 valence electrons. The molecule has 28 heavy (non-hydrogen) atoms. The van der Waals surface area contributed by atoms with E-state index in [1.54, 1.807) is 15.9 Å². The van der Waals surface area contributed by atoms with Crippen LogP contribution in [0.4, 0.5) is 8.78 Å². The summed E-state index contributed by atoms with van der Waals surface area (Å²) in [6.45, 7) is 1.52. The number of likely N-dealkylation sites (tertiary alicyclic amines) is 2. The van der Waals surface area contributed by atoms with Crippen LogP contribution >= 0.6 is 11.8 Å². The number of carbonyl (C=O) groups is 2. The maximum atomic E-state index is 13.5. The third-order valence-electron chi connectivity index (χ3n) is 6.21. The third-order valence-corrected chi connectivity index (χ3v) is 7.00. The Bertz CT molecular complexity index is 780. The summed E-state index contributed by atoms with van der Waals surface area (Å²) in [4.78, 5) is 30.6. The highest BCUT2D eigenvalue weighted by molar-refractivity contribution is 7.98. The molecule has 2 amide bonds. The first-order valence-electron chi connectivity index (χ1n) is 9.53. The molecule has 0 bridgehead atoms. The second kappa shape index (κ2) is 7.30. The molecule has 1 aromatic rings. The van der Waals surface area contributed by atoms with Crippen LogP contribution in [0.25, 0.3) is 0 Å². The fraction of sp³-hybridized carbons (Fsp3) is 0.600. The lowest BCUT2D eigenvalue weighted by Crippen LogP contribution is -2.52. The minimum absolute atomic E-state index is 0.0591. The lowest BCUT2D eigenvalue weighted by Gasteiger charge is -2.37. The number of hydrogen-bond acceptors (Lipinski definition) is 4. The van der Waals surface area contributed by atoms with Gasteiger partial charge in [-0.25, -0.2) is 8.78 Å². The number of alkyl halides is 2. The van der Waals surface area contributed by atoms with Crippen LogP contribution in [0.15, 0.2) is 29.2 Å². The number of ether oxygens (including phenoxy) is 1. The van der Waals surface area contributed by atoms with Crippen LogP contribution in [0.5, 0.6) is 0 Å². The first kappa shape index (κ1) is 19.6. The second-order valence-corrected chi connectivity index (χ2v) is 8.75. The normalized spacial score (nSPS) is 29.0. The molecule has 8 heteroatoms. The maximum absolute atomic E-state index is 13.5. The Labute approximate surface area is 167 Å². The Kier molecular flexibility index (Phi) is 5.12. The molecule has 3 aliphatic heterocycles. The zero-order valence-electron chi connectivity index (χ0n) is 15.8. The quantitative estimate of drug-likeness (QED) is 0.719. The van der Waals surface area contributed by atoms with E-state index in [0.717, 1.165) is 4.90 Å². The highest BCUT2D eigenvalue weighted by Gasteiger charge is 2.58. The van der Waals surface area contributed by atoms with Crippen molar-refractivity contribution >= 4 is 23.6 Å². The number of piperidine rings is 1. The Morgan fingerprint density at radius 3 is 2.61 bits per heavy atom. The van der Waals surface area contributed by atoms with Gasteiger partial charge in [-0.15, -0.1) is 11.8 Å². The number of hydrogen-bond donors (Lipinski definition) is 0. The van der Waals surface area contributed by atoms with Crippen LogP contribution in [0, 0.1) is 11.3 Å². The Balaban J connectivity index is 1.53. The topological polar surface area (TPSA) is 49.9 Å². The van der Waals surface area contributed by atoms with Gasteiger partial charge in [0.1, 0.15) is 0 Å². The molecule has 3 fully saturated rings. The van der Waals surface area contributed by atoms with Gasteiger partial charge in [-0.3, -0.25) is 9.59 Å². The van der Waals surface area contributed by atoms with Crippen molar-refractivity contribution in [2.75, 3.05) is 45.6 Å². The fourth-order valence-corrected chi connectivity index (χ4v) is 5.13. The van der Waals surface area contributed by atoms with Crippen molar-refractivity contribution in [3.63, 3.8) is 0 Å². The van der Waals surface area contributed by atoms with Gasteiger partial charge in [0.15, 0.2) is 0 Å². The van der Waals surface area contributed by atoms with Crippen molar-refractivity contribution in [2.24, 2.45) is 11.3 Å². The Hall–Kier alpha value is -1.67. The minimum atomic E-state index is -2.70. The average Bonchev–Trinajstić information content (AvgIpc) is 3.25. The van der Waals surface area contributed by atoms with E-state index in [0.29, 0.717) is 18.7 Å². The van der Waals surface area contributed by atoms with Crippen LogP contribution in [0.1, 0.15) is 23.2 Å². The zero-order chi connectivity index (χ0) is 19.9. The molecular weight excluding hydrogens is 386 g/mol. The van der Waals surface area contributed by atoms with Crippen LogP contribution in [-0.4, -0.2) is 73.2 Å². The smallest absolute Gasteiger partial charge is 0.255 e. The van der Waals surface area contributed by atoms with Gasteiger partial charge in [0.2, 0.25) is 5.91 Å². The number of fused-ring (bicyclic) bond motifs is 1.